The second-order valence-electron chi connectivity index (χ2n) is 4.20. The van der Waals surface area contributed by atoms with Crippen molar-refractivity contribution in [3.63, 3.8) is 0 Å². The molecule has 0 fully saturated rings. The Balaban J connectivity index is 2.59. The summed E-state index contributed by atoms with van der Waals surface area (Å²) in [6, 6.07) is 4.15. The van der Waals surface area contributed by atoms with E-state index in [4.69, 9.17) is 4.74 Å². The van der Waals surface area contributed by atoms with E-state index in [2.05, 4.69) is 0 Å². The standard InChI is InChI=1S/C14H12O7/c1-21-10-3-2-7(13(19)14(10)20)12(18)11-8(16)4-6(15)5-9(11)17/h2-5,15-17,19-20H,1H3. The summed E-state index contributed by atoms with van der Waals surface area (Å²) in [6.07, 6.45) is 0. The molecule has 0 heterocycles. The Morgan fingerprint density at radius 2 is 1.52 bits per heavy atom. The molecule has 0 spiro atoms. The lowest BCUT2D eigenvalue weighted by atomic mass is 9.99. The van der Waals surface area contributed by atoms with Gasteiger partial charge in [0.2, 0.25) is 11.5 Å². The van der Waals surface area contributed by atoms with Crippen LogP contribution in [-0.2, 0) is 0 Å². The molecule has 0 saturated heterocycles. The third-order valence-electron chi connectivity index (χ3n) is 2.89. The van der Waals surface area contributed by atoms with Crippen LogP contribution in [0.3, 0.4) is 0 Å². The molecule has 0 saturated carbocycles. The van der Waals surface area contributed by atoms with Gasteiger partial charge in [0.25, 0.3) is 0 Å². The number of ether oxygens (including phenoxy) is 1. The van der Waals surface area contributed by atoms with Gasteiger partial charge in [-0.15, -0.1) is 0 Å². The molecule has 5 N–H and O–H groups in total. The molecule has 0 bridgehead atoms. The maximum Gasteiger partial charge on any atom is 0.204 e. The highest BCUT2D eigenvalue weighted by molar-refractivity contribution is 6.14. The number of methoxy groups -OCH3 is 1. The first-order chi connectivity index (χ1) is 9.86. The van der Waals surface area contributed by atoms with E-state index >= 15 is 0 Å². The molecule has 7 nitrogen and oxygen atoms in total. The average Bonchev–Trinajstić information content (AvgIpc) is 2.40. The van der Waals surface area contributed by atoms with Crippen LogP contribution in [0.4, 0.5) is 0 Å². The van der Waals surface area contributed by atoms with Crippen LogP contribution in [0.15, 0.2) is 24.3 Å². The van der Waals surface area contributed by atoms with Crippen LogP contribution in [0.5, 0.6) is 34.5 Å². The van der Waals surface area contributed by atoms with E-state index in [-0.39, 0.29) is 11.3 Å². The minimum Gasteiger partial charge on any atom is -0.508 e. The van der Waals surface area contributed by atoms with Gasteiger partial charge in [0.15, 0.2) is 11.5 Å². The number of ketones is 1. The van der Waals surface area contributed by atoms with E-state index < -0.39 is 40.1 Å². The number of benzene rings is 2. The molecule has 2 rings (SSSR count). The van der Waals surface area contributed by atoms with Crippen LogP contribution in [0, 0.1) is 0 Å². The van der Waals surface area contributed by atoms with Crippen LogP contribution in [0.25, 0.3) is 0 Å². The summed E-state index contributed by atoms with van der Waals surface area (Å²) in [5.41, 5.74) is -0.850. The molecule has 0 aromatic heterocycles. The Hall–Kier alpha value is -3.09. The molecule has 0 aliphatic heterocycles. The van der Waals surface area contributed by atoms with Crippen molar-refractivity contribution in [3.05, 3.63) is 35.4 Å². The van der Waals surface area contributed by atoms with Gasteiger partial charge in [0, 0.05) is 12.1 Å². The molecule has 0 aliphatic rings. The summed E-state index contributed by atoms with van der Waals surface area (Å²) in [4.78, 5) is 12.3. The van der Waals surface area contributed by atoms with Crippen molar-refractivity contribution in [2.24, 2.45) is 0 Å². The highest BCUT2D eigenvalue weighted by atomic mass is 16.5. The number of phenolic OH excluding ortho intramolecular Hbond substituents is 5. The van der Waals surface area contributed by atoms with Gasteiger partial charge in [0.1, 0.15) is 22.8 Å². The van der Waals surface area contributed by atoms with E-state index in [1.165, 1.54) is 19.2 Å². The quantitative estimate of drug-likeness (QED) is 0.428. The fourth-order valence-corrected chi connectivity index (χ4v) is 1.87. The Kier molecular flexibility index (Phi) is 3.49. The molecule has 0 atom stereocenters. The summed E-state index contributed by atoms with van der Waals surface area (Å²) in [6.45, 7) is 0. The summed E-state index contributed by atoms with van der Waals surface area (Å²) in [7, 11) is 1.27. The number of carbonyl (C=O) groups excluding carboxylic acids is 1. The zero-order valence-corrected chi connectivity index (χ0v) is 10.9. The molecule has 0 unspecified atom stereocenters. The van der Waals surface area contributed by atoms with E-state index in [1.807, 2.05) is 0 Å². The molecule has 0 amide bonds. The number of phenols is 5. The highest BCUT2D eigenvalue weighted by Crippen LogP contribution is 2.41. The van der Waals surface area contributed by atoms with Crippen LogP contribution < -0.4 is 4.74 Å². The number of hydrogen-bond acceptors (Lipinski definition) is 7. The van der Waals surface area contributed by atoms with Crippen LogP contribution in [0.2, 0.25) is 0 Å². The number of hydrogen-bond donors (Lipinski definition) is 5. The SMILES string of the molecule is COc1ccc(C(=O)c2c(O)cc(O)cc2O)c(O)c1O. The van der Waals surface area contributed by atoms with Crippen molar-refractivity contribution in [1.82, 2.24) is 0 Å². The van der Waals surface area contributed by atoms with Crippen molar-refractivity contribution in [1.29, 1.82) is 0 Å². The highest BCUT2D eigenvalue weighted by Gasteiger charge is 2.24. The third kappa shape index (κ3) is 2.36. The van der Waals surface area contributed by atoms with E-state index in [1.54, 1.807) is 0 Å². The van der Waals surface area contributed by atoms with Crippen LogP contribution in [0.1, 0.15) is 15.9 Å². The van der Waals surface area contributed by atoms with Crippen molar-refractivity contribution < 1.29 is 35.1 Å². The normalized spacial score (nSPS) is 10.3. The van der Waals surface area contributed by atoms with Gasteiger partial charge in [-0.05, 0) is 12.1 Å². The lowest BCUT2D eigenvalue weighted by Gasteiger charge is -2.11. The molecule has 2 aromatic carbocycles. The van der Waals surface area contributed by atoms with Gasteiger partial charge in [-0.2, -0.15) is 0 Å². The van der Waals surface area contributed by atoms with Gasteiger partial charge in [-0.3, -0.25) is 4.79 Å². The maximum atomic E-state index is 12.3. The Bertz CT molecular complexity index is 698. The molecular formula is C14H12O7. The summed E-state index contributed by atoms with van der Waals surface area (Å²) < 4.78 is 4.78. The molecule has 7 heteroatoms. The first-order valence-electron chi connectivity index (χ1n) is 5.75. The Morgan fingerprint density at radius 1 is 0.952 bits per heavy atom. The zero-order chi connectivity index (χ0) is 15.7. The van der Waals surface area contributed by atoms with Crippen molar-refractivity contribution in [2.75, 3.05) is 7.11 Å². The summed E-state index contributed by atoms with van der Waals surface area (Å²) in [5.74, 6) is -4.10. The van der Waals surface area contributed by atoms with Crippen molar-refractivity contribution >= 4 is 5.78 Å². The molecule has 0 aliphatic carbocycles. The van der Waals surface area contributed by atoms with Crippen LogP contribution in [-0.4, -0.2) is 38.4 Å². The third-order valence-corrected chi connectivity index (χ3v) is 2.89. The lowest BCUT2D eigenvalue weighted by molar-refractivity contribution is 0.103. The largest absolute Gasteiger partial charge is 0.508 e. The van der Waals surface area contributed by atoms with Crippen LogP contribution >= 0.6 is 0 Å². The summed E-state index contributed by atoms with van der Waals surface area (Å²) in [5, 5.41) is 48.0. The monoisotopic (exact) mass is 292 g/mol. The zero-order valence-electron chi connectivity index (χ0n) is 10.9. The van der Waals surface area contributed by atoms with Crippen molar-refractivity contribution in [3.8, 4) is 34.5 Å². The van der Waals surface area contributed by atoms with Gasteiger partial charge in [-0.25, -0.2) is 0 Å². The molecular weight excluding hydrogens is 280 g/mol. The summed E-state index contributed by atoms with van der Waals surface area (Å²) >= 11 is 0. The van der Waals surface area contributed by atoms with E-state index in [0.29, 0.717) is 0 Å². The second kappa shape index (κ2) is 5.12. The fraction of sp³-hybridized carbons (Fsp3) is 0.0714. The average molecular weight is 292 g/mol. The second-order valence-corrected chi connectivity index (χ2v) is 4.20. The predicted molar refractivity (Wildman–Crippen MR) is 71.2 cm³/mol. The topological polar surface area (TPSA) is 127 Å². The smallest absolute Gasteiger partial charge is 0.204 e. The maximum absolute atomic E-state index is 12.3. The fourth-order valence-electron chi connectivity index (χ4n) is 1.87. The molecule has 21 heavy (non-hydrogen) atoms. The Morgan fingerprint density at radius 3 is 2.05 bits per heavy atom. The van der Waals surface area contributed by atoms with E-state index in [0.717, 1.165) is 12.1 Å². The van der Waals surface area contributed by atoms with Crippen molar-refractivity contribution in [2.45, 2.75) is 0 Å². The minimum atomic E-state index is -0.930. The molecule has 110 valence electrons. The first-order valence-corrected chi connectivity index (χ1v) is 5.75. The number of rotatable bonds is 3. The Labute approximate surface area is 118 Å². The first kappa shape index (κ1) is 14.3. The molecule has 2 aromatic rings. The molecule has 0 radical (unpaired) electrons. The van der Waals surface area contributed by atoms with Gasteiger partial charge >= 0.3 is 0 Å². The van der Waals surface area contributed by atoms with Gasteiger partial charge in [0.05, 0.1) is 12.7 Å². The number of aromatic hydroxyl groups is 5. The van der Waals surface area contributed by atoms with Gasteiger partial charge < -0.3 is 30.3 Å². The lowest BCUT2D eigenvalue weighted by Crippen LogP contribution is -2.03. The number of carbonyl (C=O) groups is 1. The van der Waals surface area contributed by atoms with E-state index in [9.17, 15) is 30.3 Å². The minimum absolute atomic E-state index is 0.0387. The van der Waals surface area contributed by atoms with Gasteiger partial charge in [-0.1, -0.05) is 0 Å². The predicted octanol–water partition coefficient (Wildman–Crippen LogP) is 1.45.